The van der Waals surface area contributed by atoms with E-state index in [1.165, 1.54) is 0 Å². The molecule has 0 aliphatic carbocycles. The minimum atomic E-state index is -2.74. The molecule has 0 fully saturated rings. The molecule has 1 aromatic carbocycles. The number of hydrogen-bond acceptors (Lipinski definition) is 5. The second-order valence-electron chi connectivity index (χ2n) is 5.10. The second-order valence-corrected chi connectivity index (χ2v) is 6.41. The maximum Gasteiger partial charge on any atom is 0.321 e. The first-order valence-corrected chi connectivity index (χ1v) is 7.99. The number of amides is 1. The van der Waals surface area contributed by atoms with Crippen molar-refractivity contribution in [3.05, 3.63) is 36.1 Å². The number of anilines is 1. The highest BCUT2D eigenvalue weighted by atomic mass is 32.2. The molecule has 0 spiro atoms. The lowest BCUT2D eigenvalue weighted by Crippen LogP contribution is -2.23. The first-order chi connectivity index (χ1) is 11.5. The summed E-state index contributed by atoms with van der Waals surface area (Å²) in [5.74, 6) is 0.471. The van der Waals surface area contributed by atoms with Gasteiger partial charge in [0.1, 0.15) is 5.76 Å². The number of aryl methyl sites for hydroxylation is 1. The van der Waals surface area contributed by atoms with Crippen LogP contribution in [0.3, 0.4) is 0 Å². The lowest BCUT2D eigenvalue weighted by Gasteiger charge is -2.11. The fourth-order valence-corrected chi connectivity index (χ4v) is 3.08. The van der Waals surface area contributed by atoms with Gasteiger partial charge in [0.05, 0.1) is 16.3 Å². The standard InChI is InChI=1S/C15H14F2N4O2S/c1-8-7-12(20-23-8)19-13(22)9(2)24-15-18-10-5-3-4-6-11(10)21(15)14(16)17/h3-7,9,14H,1-2H3,(H,19,20,22). The van der Waals surface area contributed by atoms with E-state index in [0.717, 1.165) is 16.3 Å². The van der Waals surface area contributed by atoms with Crippen molar-refractivity contribution < 1.29 is 18.1 Å². The van der Waals surface area contributed by atoms with Gasteiger partial charge in [-0.2, -0.15) is 8.78 Å². The average molecular weight is 352 g/mol. The molecule has 2 aromatic heterocycles. The number of para-hydroxylation sites is 2. The van der Waals surface area contributed by atoms with Crippen LogP contribution in [0.2, 0.25) is 0 Å². The number of thioether (sulfide) groups is 1. The monoisotopic (exact) mass is 352 g/mol. The predicted octanol–water partition coefficient (Wildman–Crippen LogP) is 3.85. The Kier molecular flexibility index (Phi) is 4.52. The SMILES string of the molecule is Cc1cc(NC(=O)C(C)Sc2nc3ccccc3n2C(F)F)no1. The molecule has 0 saturated carbocycles. The molecule has 3 aromatic rings. The van der Waals surface area contributed by atoms with Gasteiger partial charge < -0.3 is 9.84 Å². The molecule has 126 valence electrons. The van der Waals surface area contributed by atoms with Crippen LogP contribution in [-0.4, -0.2) is 25.9 Å². The van der Waals surface area contributed by atoms with Gasteiger partial charge in [-0.25, -0.2) is 4.98 Å². The molecule has 9 heteroatoms. The molecular formula is C15H14F2N4O2S. The minimum absolute atomic E-state index is 0.0881. The van der Waals surface area contributed by atoms with Crippen LogP contribution in [0.1, 0.15) is 19.2 Å². The Bertz CT molecular complexity index is 877. The Labute approximate surface area is 140 Å². The van der Waals surface area contributed by atoms with Crippen LogP contribution in [0.4, 0.5) is 14.6 Å². The number of rotatable bonds is 5. The summed E-state index contributed by atoms with van der Waals surface area (Å²) >= 11 is 0.960. The molecule has 0 aliphatic heterocycles. The Balaban J connectivity index is 1.81. The summed E-state index contributed by atoms with van der Waals surface area (Å²) < 4.78 is 32.4. The first-order valence-electron chi connectivity index (χ1n) is 7.11. The van der Waals surface area contributed by atoms with Gasteiger partial charge in [-0.05, 0) is 26.0 Å². The van der Waals surface area contributed by atoms with Crippen LogP contribution < -0.4 is 5.32 Å². The highest BCUT2D eigenvalue weighted by Crippen LogP contribution is 2.31. The van der Waals surface area contributed by atoms with E-state index in [2.05, 4.69) is 15.5 Å². The fraction of sp³-hybridized carbons (Fsp3) is 0.267. The molecule has 0 radical (unpaired) electrons. The molecule has 24 heavy (non-hydrogen) atoms. The summed E-state index contributed by atoms with van der Waals surface area (Å²) in [5.41, 5.74) is 0.787. The third-order valence-corrected chi connectivity index (χ3v) is 4.36. The van der Waals surface area contributed by atoms with Crippen molar-refractivity contribution in [1.29, 1.82) is 0 Å². The summed E-state index contributed by atoms with van der Waals surface area (Å²) in [6, 6.07) is 8.19. The first kappa shape index (κ1) is 16.4. The number of carbonyl (C=O) groups excluding carboxylic acids is 1. The Hall–Kier alpha value is -2.42. The molecule has 3 rings (SSSR count). The molecule has 2 heterocycles. The maximum atomic E-state index is 13.4. The summed E-state index contributed by atoms with van der Waals surface area (Å²) in [7, 11) is 0. The molecule has 1 N–H and O–H groups in total. The number of carbonyl (C=O) groups is 1. The highest BCUT2D eigenvalue weighted by Gasteiger charge is 2.23. The van der Waals surface area contributed by atoms with Crippen molar-refractivity contribution in [1.82, 2.24) is 14.7 Å². The van der Waals surface area contributed by atoms with Crippen molar-refractivity contribution in [3.8, 4) is 0 Å². The molecule has 1 amide bonds. The van der Waals surface area contributed by atoms with E-state index in [9.17, 15) is 13.6 Å². The number of fused-ring (bicyclic) bond motifs is 1. The molecule has 1 unspecified atom stereocenters. The summed E-state index contributed by atoms with van der Waals surface area (Å²) in [5, 5.41) is 5.69. The van der Waals surface area contributed by atoms with Gasteiger partial charge in [0, 0.05) is 6.07 Å². The van der Waals surface area contributed by atoms with E-state index >= 15 is 0 Å². The molecule has 1 atom stereocenters. The number of aromatic nitrogens is 3. The van der Waals surface area contributed by atoms with E-state index in [1.807, 2.05) is 0 Å². The average Bonchev–Trinajstić information content (AvgIpc) is 3.09. The zero-order valence-corrected chi connectivity index (χ0v) is 13.7. The van der Waals surface area contributed by atoms with Crippen molar-refractivity contribution in [2.75, 3.05) is 5.32 Å². The van der Waals surface area contributed by atoms with E-state index in [0.29, 0.717) is 16.8 Å². The van der Waals surface area contributed by atoms with Crippen molar-refractivity contribution in [2.45, 2.75) is 30.8 Å². The van der Waals surface area contributed by atoms with E-state index < -0.39 is 11.8 Å². The lowest BCUT2D eigenvalue weighted by molar-refractivity contribution is -0.115. The van der Waals surface area contributed by atoms with Gasteiger partial charge in [-0.3, -0.25) is 9.36 Å². The summed E-state index contributed by atoms with van der Waals surface area (Å²) in [4.78, 5) is 16.4. The number of nitrogens with one attached hydrogen (secondary N) is 1. The van der Waals surface area contributed by atoms with Crippen molar-refractivity contribution in [2.24, 2.45) is 0 Å². The summed E-state index contributed by atoms with van der Waals surface area (Å²) in [6.45, 7) is 0.571. The maximum absolute atomic E-state index is 13.4. The number of benzene rings is 1. The number of hydrogen-bond donors (Lipinski definition) is 1. The smallest absolute Gasteiger partial charge is 0.321 e. The number of imidazole rings is 1. The largest absolute Gasteiger partial charge is 0.360 e. The van der Waals surface area contributed by atoms with Crippen LogP contribution >= 0.6 is 11.8 Å². The van der Waals surface area contributed by atoms with Gasteiger partial charge in [-0.1, -0.05) is 29.1 Å². The highest BCUT2D eigenvalue weighted by molar-refractivity contribution is 8.00. The molecule has 6 nitrogen and oxygen atoms in total. The van der Waals surface area contributed by atoms with E-state index in [-0.39, 0.29) is 16.9 Å². The molecule has 0 saturated heterocycles. The number of alkyl halides is 2. The van der Waals surface area contributed by atoms with Gasteiger partial charge in [-0.15, -0.1) is 0 Å². The zero-order chi connectivity index (χ0) is 17.3. The molecular weight excluding hydrogens is 338 g/mol. The zero-order valence-electron chi connectivity index (χ0n) is 12.9. The Morgan fingerprint density at radius 1 is 1.38 bits per heavy atom. The molecule has 0 bridgehead atoms. The second kappa shape index (κ2) is 6.60. The van der Waals surface area contributed by atoms with Gasteiger partial charge >= 0.3 is 6.55 Å². The van der Waals surface area contributed by atoms with Crippen LogP contribution in [-0.2, 0) is 4.79 Å². The van der Waals surface area contributed by atoms with Gasteiger partial charge in [0.15, 0.2) is 11.0 Å². The predicted molar refractivity (Wildman–Crippen MR) is 86.2 cm³/mol. The quantitative estimate of drug-likeness (QED) is 0.706. The van der Waals surface area contributed by atoms with Crippen LogP contribution in [0, 0.1) is 6.92 Å². The fourth-order valence-electron chi connectivity index (χ4n) is 2.16. The Morgan fingerprint density at radius 2 is 2.12 bits per heavy atom. The van der Waals surface area contributed by atoms with Gasteiger partial charge in [0.25, 0.3) is 0 Å². The van der Waals surface area contributed by atoms with E-state index in [1.54, 1.807) is 44.2 Å². The Morgan fingerprint density at radius 3 is 2.79 bits per heavy atom. The topological polar surface area (TPSA) is 73.0 Å². The lowest BCUT2D eigenvalue weighted by atomic mass is 10.3. The minimum Gasteiger partial charge on any atom is -0.360 e. The molecule has 0 aliphatic rings. The van der Waals surface area contributed by atoms with E-state index in [4.69, 9.17) is 4.52 Å². The number of halogens is 2. The third-order valence-electron chi connectivity index (χ3n) is 3.29. The third kappa shape index (κ3) is 3.25. The van der Waals surface area contributed by atoms with Gasteiger partial charge in [0.2, 0.25) is 5.91 Å². The summed E-state index contributed by atoms with van der Waals surface area (Å²) in [6.07, 6.45) is 0. The van der Waals surface area contributed by atoms with Crippen LogP contribution in [0.5, 0.6) is 0 Å². The van der Waals surface area contributed by atoms with Crippen LogP contribution in [0.15, 0.2) is 40.0 Å². The normalized spacial score (nSPS) is 12.7. The number of nitrogens with zero attached hydrogens (tertiary/aromatic N) is 3. The van der Waals surface area contributed by atoms with Crippen molar-refractivity contribution >= 4 is 34.5 Å². The van der Waals surface area contributed by atoms with Crippen molar-refractivity contribution in [3.63, 3.8) is 0 Å². The van der Waals surface area contributed by atoms with Crippen LogP contribution in [0.25, 0.3) is 11.0 Å².